The predicted molar refractivity (Wildman–Crippen MR) is 96.2 cm³/mol. The number of hydrogen-bond acceptors (Lipinski definition) is 3. The number of carbonyl (C=O) groups is 2. The molecule has 0 radical (unpaired) electrons. The van der Waals surface area contributed by atoms with E-state index in [0.717, 1.165) is 16.8 Å². The van der Waals surface area contributed by atoms with Crippen molar-refractivity contribution in [1.82, 2.24) is 0 Å². The van der Waals surface area contributed by atoms with Gasteiger partial charge in [0, 0.05) is 18.7 Å². The van der Waals surface area contributed by atoms with E-state index in [1.54, 1.807) is 29.2 Å². The van der Waals surface area contributed by atoms with Crippen LogP contribution in [0.3, 0.4) is 0 Å². The van der Waals surface area contributed by atoms with Crippen LogP contribution in [0.25, 0.3) is 0 Å². The van der Waals surface area contributed by atoms with Gasteiger partial charge in [0.2, 0.25) is 11.8 Å². The topological polar surface area (TPSA) is 73.2 Å². The van der Waals surface area contributed by atoms with Crippen molar-refractivity contribution in [2.75, 3.05) is 16.8 Å². The number of rotatable bonds is 3. The maximum atomic E-state index is 12.6. The fourth-order valence-corrected chi connectivity index (χ4v) is 3.05. The third-order valence-electron chi connectivity index (χ3n) is 4.46. The Morgan fingerprint density at radius 3 is 2.76 bits per heavy atom. The van der Waals surface area contributed by atoms with E-state index in [2.05, 4.69) is 11.4 Å². The molecule has 1 aliphatic heterocycles. The second-order valence-corrected chi connectivity index (χ2v) is 6.34. The van der Waals surface area contributed by atoms with Gasteiger partial charge in [-0.25, -0.2) is 0 Å². The first-order valence-electron chi connectivity index (χ1n) is 8.17. The van der Waals surface area contributed by atoms with Gasteiger partial charge in [0.15, 0.2) is 0 Å². The lowest BCUT2D eigenvalue weighted by molar-refractivity contribution is -0.122. The average Bonchev–Trinajstić information content (AvgIpc) is 2.99. The average molecular weight is 333 g/mol. The first kappa shape index (κ1) is 16.7. The van der Waals surface area contributed by atoms with E-state index in [9.17, 15) is 9.59 Å². The number of nitrogens with zero attached hydrogens (tertiary/aromatic N) is 2. The smallest absolute Gasteiger partial charge is 0.229 e. The van der Waals surface area contributed by atoms with E-state index < -0.39 is 5.92 Å². The molecule has 2 aromatic rings. The summed E-state index contributed by atoms with van der Waals surface area (Å²) < 4.78 is 0. The minimum atomic E-state index is -0.431. The molecule has 1 atom stereocenters. The summed E-state index contributed by atoms with van der Waals surface area (Å²) in [6.45, 7) is 4.29. The summed E-state index contributed by atoms with van der Waals surface area (Å²) in [5.41, 5.74) is 3.83. The summed E-state index contributed by atoms with van der Waals surface area (Å²) in [6, 6.07) is 14.9. The van der Waals surface area contributed by atoms with Crippen LogP contribution in [0, 0.1) is 31.1 Å². The Labute approximate surface area is 146 Å². The molecule has 25 heavy (non-hydrogen) atoms. The first-order chi connectivity index (χ1) is 12.0. The molecule has 2 amide bonds. The highest BCUT2D eigenvalue weighted by Gasteiger charge is 2.35. The summed E-state index contributed by atoms with van der Waals surface area (Å²) in [6.07, 6.45) is 0.175. The zero-order chi connectivity index (χ0) is 18.0. The summed E-state index contributed by atoms with van der Waals surface area (Å²) in [7, 11) is 0. The van der Waals surface area contributed by atoms with Crippen LogP contribution in [-0.4, -0.2) is 18.4 Å². The number of nitriles is 1. The lowest BCUT2D eigenvalue weighted by Crippen LogP contribution is -2.28. The largest absolute Gasteiger partial charge is 0.325 e. The van der Waals surface area contributed by atoms with Gasteiger partial charge in [0.25, 0.3) is 0 Å². The van der Waals surface area contributed by atoms with Crippen LogP contribution in [0.1, 0.15) is 23.1 Å². The van der Waals surface area contributed by atoms with Crippen molar-refractivity contribution in [3.05, 3.63) is 59.2 Å². The third-order valence-corrected chi connectivity index (χ3v) is 4.46. The zero-order valence-corrected chi connectivity index (χ0v) is 14.2. The fourth-order valence-electron chi connectivity index (χ4n) is 3.05. The van der Waals surface area contributed by atoms with Gasteiger partial charge in [0.1, 0.15) is 6.07 Å². The maximum Gasteiger partial charge on any atom is 0.229 e. The minimum Gasteiger partial charge on any atom is -0.325 e. The predicted octanol–water partition coefficient (Wildman–Crippen LogP) is 3.17. The number of aryl methyl sites for hydroxylation is 2. The van der Waals surface area contributed by atoms with Gasteiger partial charge in [-0.05, 0) is 43.2 Å². The lowest BCUT2D eigenvalue weighted by atomic mass is 10.1. The molecule has 1 saturated heterocycles. The quantitative estimate of drug-likeness (QED) is 0.937. The van der Waals surface area contributed by atoms with Crippen molar-refractivity contribution in [2.24, 2.45) is 5.92 Å². The van der Waals surface area contributed by atoms with Gasteiger partial charge in [-0.3, -0.25) is 9.59 Å². The molecule has 5 heteroatoms. The summed E-state index contributed by atoms with van der Waals surface area (Å²) >= 11 is 0. The number of amides is 2. The molecular formula is C20H19N3O2. The van der Waals surface area contributed by atoms with Crippen LogP contribution in [-0.2, 0) is 9.59 Å². The molecule has 1 fully saturated rings. The second kappa shape index (κ2) is 6.78. The van der Waals surface area contributed by atoms with Crippen molar-refractivity contribution in [3.8, 4) is 6.07 Å². The fraction of sp³-hybridized carbons (Fsp3) is 0.250. The molecule has 0 aliphatic carbocycles. The highest BCUT2D eigenvalue weighted by Crippen LogP contribution is 2.29. The summed E-state index contributed by atoms with van der Waals surface area (Å²) in [5, 5.41) is 11.9. The van der Waals surface area contributed by atoms with Gasteiger partial charge in [-0.1, -0.05) is 24.3 Å². The van der Waals surface area contributed by atoms with Crippen molar-refractivity contribution in [3.63, 3.8) is 0 Å². The lowest BCUT2D eigenvalue weighted by Gasteiger charge is -2.19. The Morgan fingerprint density at radius 2 is 2.00 bits per heavy atom. The van der Waals surface area contributed by atoms with Gasteiger partial charge in [0.05, 0.1) is 17.2 Å². The Hall–Kier alpha value is -3.13. The van der Waals surface area contributed by atoms with E-state index in [4.69, 9.17) is 5.26 Å². The van der Waals surface area contributed by atoms with Crippen molar-refractivity contribution in [1.29, 1.82) is 5.26 Å². The Bertz CT molecular complexity index is 883. The summed E-state index contributed by atoms with van der Waals surface area (Å²) in [5.74, 6) is -0.717. The Morgan fingerprint density at radius 1 is 1.24 bits per heavy atom. The number of hydrogen-bond donors (Lipinski definition) is 1. The molecule has 1 aliphatic rings. The molecule has 0 aromatic heterocycles. The molecule has 126 valence electrons. The Kier molecular flexibility index (Phi) is 4.53. The van der Waals surface area contributed by atoms with Crippen LogP contribution in [0.15, 0.2) is 42.5 Å². The van der Waals surface area contributed by atoms with Crippen LogP contribution in [0.2, 0.25) is 0 Å². The molecule has 2 aromatic carbocycles. The van der Waals surface area contributed by atoms with Crippen molar-refractivity contribution < 1.29 is 9.59 Å². The molecule has 1 unspecified atom stereocenters. The van der Waals surface area contributed by atoms with Crippen molar-refractivity contribution >= 4 is 23.2 Å². The zero-order valence-electron chi connectivity index (χ0n) is 14.2. The molecule has 5 nitrogen and oxygen atoms in total. The van der Waals surface area contributed by atoms with E-state index >= 15 is 0 Å². The van der Waals surface area contributed by atoms with Gasteiger partial charge < -0.3 is 10.2 Å². The SMILES string of the molecule is Cc1ccc(C)c(N2CC(C(=O)Nc3ccccc3C#N)CC2=O)c1. The number of benzene rings is 2. The van der Waals surface area contributed by atoms with Crippen LogP contribution < -0.4 is 10.2 Å². The van der Waals surface area contributed by atoms with Gasteiger partial charge in [-0.15, -0.1) is 0 Å². The maximum absolute atomic E-state index is 12.6. The second-order valence-electron chi connectivity index (χ2n) is 6.34. The van der Waals surface area contributed by atoms with Gasteiger partial charge >= 0.3 is 0 Å². The molecule has 0 saturated carbocycles. The van der Waals surface area contributed by atoms with Gasteiger partial charge in [-0.2, -0.15) is 5.26 Å². The molecule has 0 bridgehead atoms. The van der Waals surface area contributed by atoms with Crippen LogP contribution >= 0.6 is 0 Å². The van der Waals surface area contributed by atoms with E-state index in [1.165, 1.54) is 0 Å². The van der Waals surface area contributed by atoms with Crippen molar-refractivity contribution in [2.45, 2.75) is 20.3 Å². The minimum absolute atomic E-state index is 0.0533. The molecule has 0 spiro atoms. The standard InChI is InChI=1S/C20H19N3O2/c1-13-7-8-14(2)18(9-13)23-12-16(10-19(23)24)20(25)22-17-6-4-3-5-15(17)11-21/h3-9,16H,10,12H2,1-2H3,(H,22,25). The number of nitrogens with one attached hydrogen (secondary N) is 1. The highest BCUT2D eigenvalue weighted by atomic mass is 16.2. The highest BCUT2D eigenvalue weighted by molar-refractivity contribution is 6.04. The molecule has 3 rings (SSSR count). The molecular weight excluding hydrogens is 314 g/mol. The molecule has 1 heterocycles. The Balaban J connectivity index is 1.77. The van der Waals surface area contributed by atoms with Crippen LogP contribution in [0.4, 0.5) is 11.4 Å². The number of para-hydroxylation sites is 1. The number of anilines is 2. The number of carbonyl (C=O) groups excluding carboxylic acids is 2. The normalized spacial score (nSPS) is 16.6. The van der Waals surface area contributed by atoms with Crippen LogP contribution in [0.5, 0.6) is 0 Å². The van der Waals surface area contributed by atoms with E-state index in [0.29, 0.717) is 17.8 Å². The third kappa shape index (κ3) is 3.38. The van der Waals surface area contributed by atoms with E-state index in [1.807, 2.05) is 32.0 Å². The molecule has 1 N–H and O–H groups in total. The summed E-state index contributed by atoms with van der Waals surface area (Å²) in [4.78, 5) is 26.7. The van der Waals surface area contributed by atoms with E-state index in [-0.39, 0.29) is 18.2 Å². The monoisotopic (exact) mass is 333 g/mol. The first-order valence-corrected chi connectivity index (χ1v) is 8.17.